The predicted molar refractivity (Wildman–Crippen MR) is 54.4 cm³/mol. The molecule has 0 aliphatic heterocycles. The summed E-state index contributed by atoms with van der Waals surface area (Å²) < 4.78 is 0. The second-order valence-electron chi connectivity index (χ2n) is 2.78. The highest BCUT2D eigenvalue weighted by Crippen LogP contribution is 2.02. The number of nitrogens with one attached hydrogen (secondary N) is 1. The summed E-state index contributed by atoms with van der Waals surface area (Å²) in [5, 5.41) is 3.25. The van der Waals surface area contributed by atoms with Crippen LogP contribution in [-0.4, -0.2) is 30.3 Å². The molecule has 0 saturated carbocycles. The first-order valence-corrected chi connectivity index (χ1v) is 4.20. The zero-order valence-electron chi connectivity index (χ0n) is 8.06. The van der Waals surface area contributed by atoms with E-state index in [-0.39, 0.29) is 0 Å². The maximum absolute atomic E-state index is 5.87. The minimum absolute atomic E-state index is 0.339. The largest absolute Gasteiger partial charge is 0.374 e. The predicted octanol–water partition coefficient (Wildman–Crippen LogP) is 1.61. The van der Waals surface area contributed by atoms with Gasteiger partial charge < -0.3 is 10.2 Å². The lowest BCUT2D eigenvalue weighted by Gasteiger charge is -2.21. The topological polar surface area (TPSA) is 27.6 Å². The van der Waals surface area contributed by atoms with Crippen molar-refractivity contribution in [3.63, 3.8) is 0 Å². The lowest BCUT2D eigenvalue weighted by molar-refractivity contribution is 0.423. The number of nitrogens with zero attached hydrogens (tertiary/aromatic N) is 2. The molecule has 0 aromatic carbocycles. The van der Waals surface area contributed by atoms with Crippen molar-refractivity contribution in [2.24, 2.45) is 4.99 Å². The Balaban J connectivity index is 4.26. The normalized spacial score (nSPS) is 11.7. The summed E-state index contributed by atoms with van der Waals surface area (Å²) in [6.07, 6.45) is 0. The van der Waals surface area contributed by atoms with Crippen LogP contribution in [0, 0.1) is 0 Å². The van der Waals surface area contributed by atoms with Crippen molar-refractivity contribution in [3.05, 3.63) is 12.4 Å². The zero-order chi connectivity index (χ0) is 9.72. The lowest BCUT2D eigenvalue weighted by atomic mass is 10.4. The van der Waals surface area contributed by atoms with Gasteiger partial charge in [0.05, 0.1) is 0 Å². The van der Waals surface area contributed by atoms with E-state index in [0.29, 0.717) is 17.2 Å². The molecule has 0 rings (SSSR count). The molecule has 1 N–H and O–H groups in total. The summed E-state index contributed by atoms with van der Waals surface area (Å²) in [4.78, 5) is 5.88. The third kappa shape index (κ3) is 3.62. The monoisotopic (exact) mass is 189 g/mol. The van der Waals surface area contributed by atoms with E-state index >= 15 is 0 Å². The van der Waals surface area contributed by atoms with Gasteiger partial charge in [-0.1, -0.05) is 6.58 Å². The molecule has 0 aliphatic rings. The van der Waals surface area contributed by atoms with Crippen LogP contribution in [0.5, 0.6) is 0 Å². The van der Waals surface area contributed by atoms with E-state index < -0.39 is 0 Å². The number of rotatable bonds is 3. The van der Waals surface area contributed by atoms with Gasteiger partial charge in [-0.25, -0.2) is 4.99 Å². The van der Waals surface area contributed by atoms with E-state index in [1.807, 2.05) is 25.8 Å². The molecule has 0 aromatic heterocycles. The summed E-state index contributed by atoms with van der Waals surface area (Å²) in [5.41, 5.74) is 0. The first kappa shape index (κ1) is 11.3. The Kier molecular flexibility index (Phi) is 4.74. The zero-order valence-corrected chi connectivity index (χ0v) is 8.81. The number of amidine groups is 1. The minimum Gasteiger partial charge on any atom is -0.374 e. The van der Waals surface area contributed by atoms with Crippen molar-refractivity contribution in [3.8, 4) is 0 Å². The fourth-order valence-electron chi connectivity index (χ4n) is 0.459. The Labute approximate surface area is 79.1 Å². The van der Waals surface area contributed by atoms with Crippen LogP contribution in [0.3, 0.4) is 0 Å². The fraction of sp³-hybridized carbons (Fsp3) is 0.625. The van der Waals surface area contributed by atoms with Crippen molar-refractivity contribution in [2.45, 2.75) is 19.9 Å². The van der Waals surface area contributed by atoms with Gasteiger partial charge >= 0.3 is 0 Å². The highest BCUT2D eigenvalue weighted by molar-refractivity contribution is 6.64. The second kappa shape index (κ2) is 5.04. The molecule has 0 atom stereocenters. The summed E-state index contributed by atoms with van der Waals surface area (Å²) in [7, 11) is 3.64. The first-order valence-electron chi connectivity index (χ1n) is 3.82. The fourth-order valence-corrected chi connectivity index (χ4v) is 0.756. The lowest BCUT2D eigenvalue weighted by Crippen LogP contribution is -2.30. The quantitative estimate of drug-likeness (QED) is 0.415. The molecule has 0 radical (unpaired) electrons. The maximum atomic E-state index is 5.87. The van der Waals surface area contributed by atoms with E-state index in [0.717, 1.165) is 0 Å². The minimum atomic E-state index is 0.339. The number of halogens is 1. The van der Waals surface area contributed by atoms with Gasteiger partial charge in [0.2, 0.25) is 0 Å². The maximum Gasteiger partial charge on any atom is 0.200 e. The standard InChI is InChI=1S/C8H16ClN3/c1-6(2)12(5)8(9)11-7(3)10-4/h6,10H,3H2,1-2,4-5H3/b11-8-. The average Bonchev–Trinajstić information content (AvgIpc) is 2.02. The smallest absolute Gasteiger partial charge is 0.200 e. The molecule has 0 unspecified atom stereocenters. The second-order valence-corrected chi connectivity index (χ2v) is 3.12. The Morgan fingerprint density at radius 2 is 2.08 bits per heavy atom. The Hall–Kier alpha value is -0.700. The van der Waals surface area contributed by atoms with Crippen LogP contribution in [-0.2, 0) is 0 Å². The van der Waals surface area contributed by atoms with E-state index in [1.165, 1.54) is 0 Å². The van der Waals surface area contributed by atoms with Crippen molar-refractivity contribution < 1.29 is 0 Å². The highest BCUT2D eigenvalue weighted by Gasteiger charge is 2.06. The van der Waals surface area contributed by atoms with Gasteiger partial charge in [-0.15, -0.1) is 0 Å². The average molecular weight is 190 g/mol. The van der Waals surface area contributed by atoms with Crippen LogP contribution in [0.15, 0.2) is 17.4 Å². The molecule has 0 spiro atoms. The molecule has 3 nitrogen and oxygen atoms in total. The van der Waals surface area contributed by atoms with Crippen molar-refractivity contribution in [2.75, 3.05) is 14.1 Å². The molecular weight excluding hydrogens is 174 g/mol. The number of aliphatic imine (C=N–C) groups is 1. The van der Waals surface area contributed by atoms with Gasteiger partial charge in [-0.2, -0.15) is 0 Å². The SMILES string of the molecule is C=C(/N=C(/Cl)N(C)C(C)C)NC. The Bertz CT molecular complexity index is 187. The van der Waals surface area contributed by atoms with Gasteiger partial charge in [0.1, 0.15) is 5.82 Å². The van der Waals surface area contributed by atoms with Gasteiger partial charge in [0.25, 0.3) is 0 Å². The third-order valence-corrected chi connectivity index (χ3v) is 1.93. The van der Waals surface area contributed by atoms with Crippen LogP contribution >= 0.6 is 11.6 Å². The molecule has 70 valence electrons. The summed E-state index contributed by atoms with van der Waals surface area (Å²) in [6.45, 7) is 7.73. The van der Waals surface area contributed by atoms with E-state index in [4.69, 9.17) is 11.6 Å². The van der Waals surface area contributed by atoms with Crippen LogP contribution in [0.4, 0.5) is 0 Å². The molecule has 0 aromatic rings. The molecule has 0 bridgehead atoms. The number of hydrogen-bond acceptors (Lipinski definition) is 2. The molecule has 0 saturated heterocycles. The Morgan fingerprint density at radius 3 is 2.42 bits per heavy atom. The van der Waals surface area contributed by atoms with Gasteiger partial charge in [0.15, 0.2) is 5.29 Å². The van der Waals surface area contributed by atoms with Crippen LogP contribution in [0.25, 0.3) is 0 Å². The number of hydrogen-bond donors (Lipinski definition) is 1. The summed E-state index contributed by atoms with van der Waals surface area (Å²) in [5.74, 6) is 0.562. The van der Waals surface area contributed by atoms with E-state index in [9.17, 15) is 0 Å². The molecule has 0 fully saturated rings. The van der Waals surface area contributed by atoms with Crippen LogP contribution in [0.1, 0.15) is 13.8 Å². The van der Waals surface area contributed by atoms with Crippen LogP contribution in [0.2, 0.25) is 0 Å². The molecule has 4 heteroatoms. The summed E-state index contributed by atoms with van der Waals surface area (Å²) in [6, 6.07) is 0.339. The van der Waals surface area contributed by atoms with E-state index in [2.05, 4.69) is 16.9 Å². The molecular formula is C8H16ClN3. The Morgan fingerprint density at radius 1 is 1.58 bits per heavy atom. The van der Waals surface area contributed by atoms with Gasteiger partial charge in [-0.3, -0.25) is 0 Å². The first-order chi connectivity index (χ1) is 5.49. The highest BCUT2D eigenvalue weighted by atomic mass is 35.5. The molecule has 0 heterocycles. The van der Waals surface area contributed by atoms with E-state index in [1.54, 1.807) is 7.05 Å². The van der Waals surface area contributed by atoms with Gasteiger partial charge in [0, 0.05) is 20.1 Å². The third-order valence-electron chi connectivity index (χ3n) is 1.58. The van der Waals surface area contributed by atoms with Crippen molar-refractivity contribution in [1.82, 2.24) is 10.2 Å². The molecule has 0 aliphatic carbocycles. The van der Waals surface area contributed by atoms with Crippen molar-refractivity contribution in [1.29, 1.82) is 0 Å². The summed E-state index contributed by atoms with van der Waals surface area (Å²) >= 11 is 5.87. The van der Waals surface area contributed by atoms with Gasteiger partial charge in [-0.05, 0) is 25.4 Å². The molecule has 0 amide bonds. The van der Waals surface area contributed by atoms with Crippen LogP contribution < -0.4 is 5.32 Å². The molecule has 12 heavy (non-hydrogen) atoms. The van der Waals surface area contributed by atoms with Crippen molar-refractivity contribution >= 4 is 16.9 Å².